The van der Waals surface area contributed by atoms with Gasteiger partial charge >= 0.3 is 5.97 Å². The zero-order valence-electron chi connectivity index (χ0n) is 9.78. The maximum Gasteiger partial charge on any atom is 0.322 e. The Morgan fingerprint density at radius 3 is 2.59 bits per heavy atom. The lowest BCUT2D eigenvalue weighted by Gasteiger charge is -2.28. The molecule has 0 radical (unpaired) electrons. The molecule has 1 saturated heterocycles. The highest BCUT2D eigenvalue weighted by molar-refractivity contribution is 6.30. The van der Waals surface area contributed by atoms with Crippen molar-refractivity contribution in [1.29, 1.82) is 0 Å². The Morgan fingerprint density at radius 2 is 2.06 bits per heavy atom. The van der Waals surface area contributed by atoms with E-state index < -0.39 is 0 Å². The van der Waals surface area contributed by atoms with Crippen LogP contribution < -0.4 is 5.32 Å². The van der Waals surface area contributed by atoms with Crippen molar-refractivity contribution in [3.05, 3.63) is 34.9 Å². The number of carbonyl (C=O) groups is 1. The largest absolute Gasteiger partial charge is 0.468 e. The van der Waals surface area contributed by atoms with Crippen LogP contribution >= 0.6 is 11.6 Å². The van der Waals surface area contributed by atoms with Crippen molar-refractivity contribution < 1.29 is 9.53 Å². The lowest BCUT2D eigenvalue weighted by molar-refractivity contribution is -0.143. The molecule has 92 valence electrons. The summed E-state index contributed by atoms with van der Waals surface area (Å²) in [5, 5.41) is 3.98. The zero-order valence-corrected chi connectivity index (χ0v) is 10.5. The molecule has 0 saturated carbocycles. The van der Waals surface area contributed by atoms with E-state index in [1.807, 2.05) is 24.3 Å². The molecule has 1 heterocycles. The second-order valence-electron chi connectivity index (χ2n) is 4.31. The van der Waals surface area contributed by atoms with Gasteiger partial charge in [-0.3, -0.25) is 4.79 Å². The van der Waals surface area contributed by atoms with Gasteiger partial charge < -0.3 is 10.1 Å². The number of methoxy groups -OCH3 is 1. The fraction of sp³-hybridized carbons (Fsp3) is 0.462. The Labute approximate surface area is 106 Å². The van der Waals surface area contributed by atoms with Crippen molar-refractivity contribution in [1.82, 2.24) is 5.32 Å². The Kier molecular flexibility index (Phi) is 4.02. The molecule has 1 aromatic carbocycles. The minimum absolute atomic E-state index is 0.149. The summed E-state index contributed by atoms with van der Waals surface area (Å²) in [5.41, 5.74) is 1.27. The lowest BCUT2D eigenvalue weighted by Crippen LogP contribution is -2.43. The third kappa shape index (κ3) is 2.99. The number of esters is 1. The summed E-state index contributed by atoms with van der Waals surface area (Å²) in [6.07, 6.45) is 1.81. The van der Waals surface area contributed by atoms with Gasteiger partial charge in [-0.15, -0.1) is 0 Å². The maximum absolute atomic E-state index is 11.4. The highest BCUT2D eigenvalue weighted by Gasteiger charge is 2.26. The van der Waals surface area contributed by atoms with E-state index in [0.29, 0.717) is 5.92 Å². The van der Waals surface area contributed by atoms with Crippen LogP contribution in [-0.2, 0) is 9.53 Å². The van der Waals surface area contributed by atoms with Gasteiger partial charge in [-0.25, -0.2) is 0 Å². The Hall–Kier alpha value is -1.06. The van der Waals surface area contributed by atoms with Crippen LogP contribution in [0.25, 0.3) is 0 Å². The molecule has 1 aliphatic rings. The predicted molar refractivity (Wildman–Crippen MR) is 67.2 cm³/mol. The third-order valence-corrected chi connectivity index (χ3v) is 3.49. The number of rotatable bonds is 2. The highest BCUT2D eigenvalue weighted by Crippen LogP contribution is 2.26. The average Bonchev–Trinajstić information content (AvgIpc) is 2.39. The van der Waals surface area contributed by atoms with Gasteiger partial charge in [0, 0.05) is 11.6 Å². The molecule has 0 amide bonds. The molecular formula is C13H16ClNO2. The number of hydrogen-bond donors (Lipinski definition) is 1. The molecular weight excluding hydrogens is 238 g/mol. The highest BCUT2D eigenvalue weighted by atomic mass is 35.5. The first-order valence-corrected chi connectivity index (χ1v) is 6.15. The van der Waals surface area contributed by atoms with Gasteiger partial charge in [-0.05, 0) is 36.5 Å². The van der Waals surface area contributed by atoms with Crippen LogP contribution in [0, 0.1) is 0 Å². The molecule has 4 heteroatoms. The molecule has 0 aliphatic carbocycles. The summed E-state index contributed by atoms with van der Waals surface area (Å²) in [5.74, 6) is 0.285. The van der Waals surface area contributed by atoms with Crippen molar-refractivity contribution in [2.75, 3.05) is 13.7 Å². The molecule has 2 atom stereocenters. The molecule has 0 spiro atoms. The molecule has 0 aromatic heterocycles. The molecule has 3 nitrogen and oxygen atoms in total. The number of carbonyl (C=O) groups excluding carboxylic acids is 1. The van der Waals surface area contributed by atoms with Gasteiger partial charge in [0.05, 0.1) is 7.11 Å². The lowest BCUT2D eigenvalue weighted by atomic mass is 9.89. The number of piperidine rings is 1. The first-order valence-electron chi connectivity index (χ1n) is 5.77. The van der Waals surface area contributed by atoms with Crippen molar-refractivity contribution in [3.63, 3.8) is 0 Å². The van der Waals surface area contributed by atoms with E-state index in [9.17, 15) is 4.79 Å². The van der Waals surface area contributed by atoms with Crippen LogP contribution in [-0.4, -0.2) is 25.7 Å². The normalized spacial score (nSPS) is 24.4. The number of benzene rings is 1. The number of halogens is 1. The second kappa shape index (κ2) is 5.52. The van der Waals surface area contributed by atoms with E-state index in [1.54, 1.807) is 0 Å². The second-order valence-corrected chi connectivity index (χ2v) is 4.75. The molecule has 1 fully saturated rings. The maximum atomic E-state index is 11.4. The number of nitrogens with one attached hydrogen (secondary N) is 1. The van der Waals surface area contributed by atoms with Crippen molar-refractivity contribution in [2.24, 2.45) is 0 Å². The van der Waals surface area contributed by atoms with Gasteiger partial charge in [0.2, 0.25) is 0 Å². The molecule has 2 rings (SSSR count). The van der Waals surface area contributed by atoms with E-state index in [4.69, 9.17) is 16.3 Å². The summed E-state index contributed by atoms with van der Waals surface area (Å²) in [6, 6.07) is 7.76. The first-order chi connectivity index (χ1) is 8.20. The fourth-order valence-electron chi connectivity index (χ4n) is 2.22. The fourth-order valence-corrected chi connectivity index (χ4v) is 2.35. The molecule has 1 aromatic rings. The minimum Gasteiger partial charge on any atom is -0.468 e. The van der Waals surface area contributed by atoms with E-state index in [2.05, 4.69) is 5.32 Å². The summed E-state index contributed by atoms with van der Waals surface area (Å²) < 4.78 is 4.73. The number of hydrogen-bond acceptors (Lipinski definition) is 3. The topological polar surface area (TPSA) is 38.3 Å². The Morgan fingerprint density at radius 1 is 1.35 bits per heavy atom. The average molecular weight is 254 g/mol. The van der Waals surface area contributed by atoms with Crippen molar-refractivity contribution in [3.8, 4) is 0 Å². The van der Waals surface area contributed by atoms with Gasteiger partial charge in [-0.1, -0.05) is 23.7 Å². The quantitative estimate of drug-likeness (QED) is 0.823. The van der Waals surface area contributed by atoms with Crippen LogP contribution in [0.4, 0.5) is 0 Å². The summed E-state index contributed by atoms with van der Waals surface area (Å²) in [7, 11) is 1.43. The van der Waals surface area contributed by atoms with E-state index in [1.165, 1.54) is 12.7 Å². The third-order valence-electron chi connectivity index (χ3n) is 3.24. The van der Waals surface area contributed by atoms with Gasteiger partial charge in [0.25, 0.3) is 0 Å². The summed E-state index contributed by atoms with van der Waals surface area (Å²) in [4.78, 5) is 11.4. The molecule has 0 unspecified atom stereocenters. The predicted octanol–water partition coefficient (Wildman–Crippen LogP) is 2.35. The van der Waals surface area contributed by atoms with E-state index >= 15 is 0 Å². The van der Waals surface area contributed by atoms with Crippen molar-refractivity contribution >= 4 is 17.6 Å². The number of ether oxygens (including phenoxy) is 1. The Bertz CT molecular complexity index is 383. The van der Waals surface area contributed by atoms with Gasteiger partial charge in [-0.2, -0.15) is 0 Å². The molecule has 1 aliphatic heterocycles. The SMILES string of the molecule is COC(=O)[C@@H]1CC[C@@H](c2ccc(Cl)cc2)CN1. The summed E-state index contributed by atoms with van der Waals surface area (Å²) in [6.45, 7) is 0.807. The summed E-state index contributed by atoms with van der Waals surface area (Å²) >= 11 is 5.86. The molecule has 17 heavy (non-hydrogen) atoms. The molecule has 1 N–H and O–H groups in total. The van der Waals surface area contributed by atoms with E-state index in [-0.39, 0.29) is 12.0 Å². The Balaban J connectivity index is 1.95. The van der Waals surface area contributed by atoms with E-state index in [0.717, 1.165) is 24.4 Å². The minimum atomic E-state index is -0.167. The van der Waals surface area contributed by atoms with Crippen LogP contribution in [0.5, 0.6) is 0 Å². The van der Waals surface area contributed by atoms with Crippen LogP contribution in [0.15, 0.2) is 24.3 Å². The van der Waals surface area contributed by atoms with Crippen molar-refractivity contribution in [2.45, 2.75) is 24.8 Å². The van der Waals surface area contributed by atoms with Gasteiger partial charge in [0.15, 0.2) is 0 Å². The first kappa shape index (κ1) is 12.4. The smallest absolute Gasteiger partial charge is 0.322 e. The monoisotopic (exact) mass is 253 g/mol. The zero-order chi connectivity index (χ0) is 12.3. The van der Waals surface area contributed by atoms with Crippen LogP contribution in [0.1, 0.15) is 24.3 Å². The molecule has 0 bridgehead atoms. The van der Waals surface area contributed by atoms with Crippen LogP contribution in [0.2, 0.25) is 5.02 Å². The van der Waals surface area contributed by atoms with Crippen LogP contribution in [0.3, 0.4) is 0 Å². The standard InChI is InChI=1S/C13H16ClNO2/c1-17-13(16)12-7-4-10(8-15-12)9-2-5-11(14)6-3-9/h2-3,5-6,10,12,15H,4,7-8H2,1H3/t10-,12+/m1/s1. The van der Waals surface area contributed by atoms with Gasteiger partial charge in [0.1, 0.15) is 6.04 Å².